The highest BCUT2D eigenvalue weighted by Gasteiger charge is 2.63. The number of fused-ring (bicyclic) bond motifs is 2. The first-order chi connectivity index (χ1) is 17.7. The summed E-state index contributed by atoms with van der Waals surface area (Å²) in [5, 5.41) is 0. The Kier molecular flexibility index (Phi) is 6.44. The SMILES string of the molecule is CC(C)CCCC(C)C1CCC2C3C=CC4CC(Oc5ccc(N)cc5N)CCC45C=C(CCC12C)C35. The minimum Gasteiger partial charge on any atom is -0.488 e. The second-order valence-corrected chi connectivity index (χ2v) is 14.3. The predicted molar refractivity (Wildman–Crippen MR) is 155 cm³/mol. The lowest BCUT2D eigenvalue weighted by molar-refractivity contribution is -0.0167. The van der Waals surface area contributed by atoms with Gasteiger partial charge in [-0.05, 0) is 110 Å². The van der Waals surface area contributed by atoms with Gasteiger partial charge in [-0.1, -0.05) is 70.8 Å². The topological polar surface area (TPSA) is 61.3 Å². The van der Waals surface area contributed by atoms with Gasteiger partial charge in [-0.2, -0.15) is 0 Å². The molecule has 0 radical (unpaired) electrons. The Labute approximate surface area is 225 Å². The Bertz CT molecular complexity index is 1070. The second-order valence-electron chi connectivity index (χ2n) is 14.3. The molecule has 9 atom stereocenters. The molecule has 202 valence electrons. The van der Waals surface area contributed by atoms with Gasteiger partial charge < -0.3 is 16.2 Å². The van der Waals surface area contributed by atoms with E-state index >= 15 is 0 Å². The maximum absolute atomic E-state index is 6.45. The molecule has 0 heterocycles. The predicted octanol–water partition coefficient (Wildman–Crippen LogP) is 8.42. The van der Waals surface area contributed by atoms with Crippen molar-refractivity contribution < 1.29 is 4.74 Å². The third kappa shape index (κ3) is 4.14. The van der Waals surface area contributed by atoms with E-state index in [1.165, 1.54) is 51.4 Å². The van der Waals surface area contributed by atoms with E-state index < -0.39 is 0 Å². The molecular formula is C34H50N2O. The first kappa shape index (κ1) is 25.4. The van der Waals surface area contributed by atoms with Crippen LogP contribution < -0.4 is 16.2 Å². The lowest BCUT2D eigenvalue weighted by Gasteiger charge is -2.60. The molecule has 1 aromatic carbocycles. The largest absolute Gasteiger partial charge is 0.488 e. The number of benzene rings is 1. The average molecular weight is 503 g/mol. The first-order valence-electron chi connectivity index (χ1n) is 15.4. The number of anilines is 2. The number of ether oxygens (including phenoxy) is 1. The summed E-state index contributed by atoms with van der Waals surface area (Å²) in [6.07, 6.45) is 21.7. The van der Waals surface area contributed by atoms with Crippen LogP contribution in [0, 0.1) is 52.3 Å². The van der Waals surface area contributed by atoms with E-state index in [1.54, 1.807) is 0 Å². The Balaban J connectivity index is 1.19. The summed E-state index contributed by atoms with van der Waals surface area (Å²) < 4.78 is 6.45. The molecule has 0 bridgehead atoms. The van der Waals surface area contributed by atoms with Gasteiger partial charge in [-0.15, -0.1) is 0 Å². The third-order valence-electron chi connectivity index (χ3n) is 11.8. The molecule has 0 saturated heterocycles. The number of hydrogen-bond donors (Lipinski definition) is 2. The molecule has 0 aliphatic heterocycles. The molecule has 3 saturated carbocycles. The van der Waals surface area contributed by atoms with Crippen molar-refractivity contribution in [3.63, 3.8) is 0 Å². The van der Waals surface area contributed by atoms with E-state index in [1.807, 2.05) is 23.8 Å². The van der Waals surface area contributed by atoms with Crippen molar-refractivity contribution in [3.8, 4) is 5.75 Å². The summed E-state index contributed by atoms with van der Waals surface area (Å²) in [4.78, 5) is 0. The Morgan fingerprint density at radius 2 is 1.86 bits per heavy atom. The van der Waals surface area contributed by atoms with E-state index in [4.69, 9.17) is 16.2 Å². The van der Waals surface area contributed by atoms with Crippen molar-refractivity contribution in [2.24, 2.45) is 52.3 Å². The van der Waals surface area contributed by atoms with Crippen molar-refractivity contribution in [3.05, 3.63) is 42.0 Å². The minimum atomic E-state index is 0.235. The lowest BCUT2D eigenvalue weighted by Crippen LogP contribution is -2.54. The normalized spacial score (nSPS) is 40.6. The van der Waals surface area contributed by atoms with Gasteiger partial charge in [-0.25, -0.2) is 0 Å². The highest BCUT2D eigenvalue weighted by Crippen LogP contribution is 2.70. The van der Waals surface area contributed by atoms with E-state index in [9.17, 15) is 0 Å². The molecule has 9 unspecified atom stereocenters. The van der Waals surface area contributed by atoms with Crippen molar-refractivity contribution >= 4 is 11.4 Å². The maximum atomic E-state index is 6.45. The maximum Gasteiger partial charge on any atom is 0.142 e. The fourth-order valence-electron chi connectivity index (χ4n) is 10.0. The Hall–Kier alpha value is -1.90. The summed E-state index contributed by atoms with van der Waals surface area (Å²) >= 11 is 0. The van der Waals surface area contributed by atoms with Crippen LogP contribution >= 0.6 is 0 Å². The molecule has 1 aromatic rings. The molecular weight excluding hydrogens is 452 g/mol. The van der Waals surface area contributed by atoms with E-state index in [0.717, 1.165) is 54.1 Å². The molecule has 4 N–H and O–H groups in total. The Morgan fingerprint density at radius 1 is 1.03 bits per heavy atom. The van der Waals surface area contributed by atoms with Crippen molar-refractivity contribution in [1.82, 2.24) is 0 Å². The number of nitrogens with two attached hydrogens (primary N) is 2. The third-order valence-corrected chi connectivity index (χ3v) is 11.8. The summed E-state index contributed by atoms with van der Waals surface area (Å²) in [6, 6.07) is 5.65. The molecule has 3 nitrogen and oxygen atoms in total. The van der Waals surface area contributed by atoms with Gasteiger partial charge >= 0.3 is 0 Å². The van der Waals surface area contributed by atoms with Crippen LogP contribution in [0.2, 0.25) is 0 Å². The Morgan fingerprint density at radius 3 is 2.65 bits per heavy atom. The van der Waals surface area contributed by atoms with Crippen LogP contribution in [-0.2, 0) is 0 Å². The van der Waals surface area contributed by atoms with Crippen LogP contribution in [0.15, 0.2) is 42.0 Å². The smallest absolute Gasteiger partial charge is 0.142 e. The van der Waals surface area contributed by atoms with Gasteiger partial charge in [0.15, 0.2) is 0 Å². The molecule has 3 fully saturated rings. The fraction of sp³-hybridized carbons (Fsp3) is 0.706. The molecule has 5 aliphatic carbocycles. The molecule has 0 aromatic heterocycles. The van der Waals surface area contributed by atoms with E-state index in [-0.39, 0.29) is 6.10 Å². The van der Waals surface area contributed by atoms with Crippen LogP contribution in [0.4, 0.5) is 11.4 Å². The molecule has 0 amide bonds. The van der Waals surface area contributed by atoms with Gasteiger partial charge in [0.05, 0.1) is 11.8 Å². The van der Waals surface area contributed by atoms with Gasteiger partial charge in [0.25, 0.3) is 0 Å². The first-order valence-corrected chi connectivity index (χ1v) is 15.4. The molecule has 5 aliphatic rings. The van der Waals surface area contributed by atoms with Crippen molar-refractivity contribution in [2.75, 3.05) is 11.5 Å². The van der Waals surface area contributed by atoms with E-state index in [2.05, 4.69) is 45.9 Å². The average Bonchev–Trinajstić information content (AvgIpc) is 3.12. The highest BCUT2D eigenvalue weighted by atomic mass is 16.5. The van der Waals surface area contributed by atoms with Crippen LogP contribution in [0.5, 0.6) is 5.75 Å². The molecule has 6 rings (SSSR count). The quantitative estimate of drug-likeness (QED) is 0.290. The summed E-state index contributed by atoms with van der Waals surface area (Å²) in [5.41, 5.74) is 16.2. The zero-order valence-electron chi connectivity index (χ0n) is 23.7. The molecule has 3 heteroatoms. The lowest BCUT2D eigenvalue weighted by atomic mass is 9.44. The summed E-state index contributed by atoms with van der Waals surface area (Å²) in [5.74, 6) is 6.39. The number of allylic oxidation sites excluding steroid dienone is 4. The van der Waals surface area contributed by atoms with Gasteiger partial charge in [-0.3, -0.25) is 0 Å². The number of nitrogen functional groups attached to an aromatic ring is 2. The van der Waals surface area contributed by atoms with Crippen LogP contribution in [0.1, 0.15) is 91.9 Å². The number of hydrogen-bond acceptors (Lipinski definition) is 3. The van der Waals surface area contributed by atoms with E-state index in [0.29, 0.717) is 28.1 Å². The van der Waals surface area contributed by atoms with Gasteiger partial charge in [0.2, 0.25) is 0 Å². The number of rotatable bonds is 7. The van der Waals surface area contributed by atoms with Crippen molar-refractivity contribution in [2.45, 2.75) is 98.0 Å². The standard InChI is InChI=1S/C34H50N2O/c1-21(2)6-5-7-22(3)28-11-12-29-27-10-8-24-18-26(37-31-13-9-25(35)19-30(31)36)15-17-34(24)20-23(32(27)34)14-16-33(28,29)4/h8-10,13,19-22,24,26-29,32H,5-7,11-12,14-18,35-36H2,1-4H3. The summed E-state index contributed by atoms with van der Waals surface area (Å²) in [7, 11) is 0. The molecule has 37 heavy (non-hydrogen) atoms. The van der Waals surface area contributed by atoms with Crippen LogP contribution in [0.3, 0.4) is 0 Å². The zero-order valence-corrected chi connectivity index (χ0v) is 23.7. The monoisotopic (exact) mass is 502 g/mol. The van der Waals surface area contributed by atoms with Crippen LogP contribution in [-0.4, -0.2) is 6.10 Å². The van der Waals surface area contributed by atoms with Crippen molar-refractivity contribution in [1.29, 1.82) is 0 Å². The minimum absolute atomic E-state index is 0.235. The molecule has 1 spiro atoms. The van der Waals surface area contributed by atoms with Gasteiger partial charge in [0, 0.05) is 11.1 Å². The van der Waals surface area contributed by atoms with Crippen LogP contribution in [0.25, 0.3) is 0 Å². The van der Waals surface area contributed by atoms with Gasteiger partial charge in [0.1, 0.15) is 5.75 Å². The zero-order chi connectivity index (χ0) is 25.9. The summed E-state index contributed by atoms with van der Waals surface area (Å²) in [6.45, 7) is 10.0. The second kappa shape index (κ2) is 9.38. The highest BCUT2D eigenvalue weighted by molar-refractivity contribution is 5.60. The fourth-order valence-corrected chi connectivity index (χ4v) is 10.0.